The fourth-order valence-electron chi connectivity index (χ4n) is 2.80. The first kappa shape index (κ1) is 21.6. The molecule has 0 aliphatic carbocycles. The number of benzene rings is 2. The number of nitrogens with zero attached hydrogens (tertiary/aromatic N) is 1. The molecule has 0 spiro atoms. The summed E-state index contributed by atoms with van der Waals surface area (Å²) in [6.45, 7) is 1.01. The highest BCUT2D eigenvalue weighted by molar-refractivity contribution is 7.13. The summed E-state index contributed by atoms with van der Waals surface area (Å²) in [5.41, 5.74) is 1.14. The number of hydrogen-bond acceptors (Lipinski definition) is 6. The van der Waals surface area contributed by atoms with E-state index in [-0.39, 0.29) is 11.7 Å². The van der Waals surface area contributed by atoms with Gasteiger partial charge in [-0.1, -0.05) is 6.07 Å². The largest absolute Gasteiger partial charge is 0.494 e. The van der Waals surface area contributed by atoms with E-state index in [1.807, 2.05) is 18.2 Å². The molecule has 0 atom stereocenters. The van der Waals surface area contributed by atoms with Crippen LogP contribution >= 0.6 is 11.3 Å². The van der Waals surface area contributed by atoms with Crippen LogP contribution < -0.4 is 19.5 Å². The van der Waals surface area contributed by atoms with Crippen LogP contribution in [0.3, 0.4) is 0 Å². The molecule has 1 heterocycles. The lowest BCUT2D eigenvalue weighted by Crippen LogP contribution is -2.25. The van der Waals surface area contributed by atoms with Crippen molar-refractivity contribution in [2.24, 2.45) is 0 Å². The molecule has 1 amide bonds. The number of methoxy groups -OCH3 is 2. The van der Waals surface area contributed by atoms with Gasteiger partial charge in [-0.15, -0.1) is 11.3 Å². The average Bonchev–Trinajstić information content (AvgIpc) is 3.26. The van der Waals surface area contributed by atoms with E-state index < -0.39 is 0 Å². The molecule has 1 aromatic heterocycles. The summed E-state index contributed by atoms with van der Waals surface area (Å²) >= 11 is 1.37. The number of unbranched alkanes of at least 4 members (excludes halogenated alkanes) is 1. The Hall–Kier alpha value is -3.13. The number of carbonyl (C=O) groups excluding carboxylic acids is 1. The zero-order valence-electron chi connectivity index (χ0n) is 16.8. The molecule has 0 bridgehead atoms. The van der Waals surface area contributed by atoms with E-state index >= 15 is 0 Å². The van der Waals surface area contributed by atoms with Crippen molar-refractivity contribution < 1.29 is 23.4 Å². The molecule has 3 rings (SSSR count). The fourth-order valence-corrected chi connectivity index (χ4v) is 3.62. The van der Waals surface area contributed by atoms with Crippen LogP contribution in [0.1, 0.15) is 23.3 Å². The molecular weight excluding hydrogens is 407 g/mol. The number of ether oxygens (including phenoxy) is 3. The third-order valence-corrected chi connectivity index (χ3v) is 5.18. The molecular formula is C22H23FN2O4S. The summed E-state index contributed by atoms with van der Waals surface area (Å²) in [7, 11) is 3.15. The standard InChI is InChI=1S/C22H23FN2O4S/c1-27-19-7-5-6-17(20(19)28-2)22-25-18(14-30-22)21(26)24-12-3-4-13-29-16-10-8-15(23)9-11-16/h5-11,14H,3-4,12-13H2,1-2H3,(H,24,26). The van der Waals surface area contributed by atoms with Gasteiger partial charge in [0.2, 0.25) is 0 Å². The number of nitrogens with one attached hydrogen (secondary N) is 1. The highest BCUT2D eigenvalue weighted by Gasteiger charge is 2.17. The summed E-state index contributed by atoms with van der Waals surface area (Å²) in [5.74, 6) is 1.31. The molecule has 8 heteroatoms. The predicted molar refractivity (Wildman–Crippen MR) is 114 cm³/mol. The van der Waals surface area contributed by atoms with E-state index in [1.54, 1.807) is 31.7 Å². The molecule has 6 nitrogen and oxygen atoms in total. The van der Waals surface area contributed by atoms with Gasteiger partial charge in [0, 0.05) is 11.9 Å². The number of aromatic nitrogens is 1. The Morgan fingerprint density at radius 1 is 1.10 bits per heavy atom. The van der Waals surface area contributed by atoms with Gasteiger partial charge in [0.05, 0.1) is 26.4 Å². The Labute approximate surface area is 178 Å². The number of thiazole rings is 1. The van der Waals surface area contributed by atoms with Gasteiger partial charge < -0.3 is 19.5 Å². The van der Waals surface area contributed by atoms with Crippen LogP contribution in [-0.2, 0) is 0 Å². The van der Waals surface area contributed by atoms with Crippen LogP contribution in [-0.4, -0.2) is 38.3 Å². The third kappa shape index (κ3) is 5.48. The minimum atomic E-state index is -0.292. The van der Waals surface area contributed by atoms with Crippen molar-refractivity contribution >= 4 is 17.2 Å². The topological polar surface area (TPSA) is 69.7 Å². The van der Waals surface area contributed by atoms with E-state index in [4.69, 9.17) is 14.2 Å². The fraction of sp³-hybridized carbons (Fsp3) is 0.273. The van der Waals surface area contributed by atoms with Gasteiger partial charge in [-0.2, -0.15) is 0 Å². The second-order valence-corrected chi connectivity index (χ2v) is 7.20. The van der Waals surface area contributed by atoms with Crippen LogP contribution in [0.5, 0.6) is 17.2 Å². The number of hydrogen-bond donors (Lipinski definition) is 1. The number of carbonyl (C=O) groups is 1. The Balaban J connectivity index is 1.47. The van der Waals surface area contributed by atoms with E-state index in [0.717, 1.165) is 18.4 Å². The van der Waals surface area contributed by atoms with Crippen LogP contribution in [0.15, 0.2) is 47.8 Å². The maximum atomic E-state index is 12.8. The minimum Gasteiger partial charge on any atom is -0.494 e. The average molecular weight is 431 g/mol. The second kappa shape index (κ2) is 10.6. The summed E-state index contributed by atoms with van der Waals surface area (Å²) in [6, 6.07) is 11.4. The Morgan fingerprint density at radius 2 is 1.90 bits per heavy atom. The maximum absolute atomic E-state index is 12.8. The first-order valence-corrected chi connectivity index (χ1v) is 10.3. The monoisotopic (exact) mass is 430 g/mol. The van der Waals surface area contributed by atoms with E-state index in [1.165, 1.54) is 23.5 Å². The van der Waals surface area contributed by atoms with Crippen molar-refractivity contribution in [1.82, 2.24) is 10.3 Å². The Bertz CT molecular complexity index is 976. The molecule has 30 heavy (non-hydrogen) atoms. The second-order valence-electron chi connectivity index (χ2n) is 6.34. The lowest BCUT2D eigenvalue weighted by atomic mass is 10.2. The zero-order chi connectivity index (χ0) is 21.3. The zero-order valence-corrected chi connectivity index (χ0v) is 17.6. The molecule has 0 aliphatic rings. The molecule has 0 unspecified atom stereocenters. The number of halogens is 1. The van der Waals surface area contributed by atoms with Crippen molar-refractivity contribution in [2.75, 3.05) is 27.4 Å². The number of para-hydroxylation sites is 1. The van der Waals surface area contributed by atoms with Crippen molar-refractivity contribution in [3.63, 3.8) is 0 Å². The SMILES string of the molecule is COc1cccc(-c2nc(C(=O)NCCCCOc3ccc(F)cc3)cs2)c1OC. The first-order valence-electron chi connectivity index (χ1n) is 9.46. The molecule has 3 aromatic rings. The van der Waals surface area contributed by atoms with Crippen LogP contribution in [0, 0.1) is 5.82 Å². The van der Waals surface area contributed by atoms with Crippen LogP contribution in [0.25, 0.3) is 10.6 Å². The van der Waals surface area contributed by atoms with Gasteiger partial charge in [0.1, 0.15) is 22.3 Å². The summed E-state index contributed by atoms with van der Waals surface area (Å²) < 4.78 is 29.1. The van der Waals surface area contributed by atoms with Crippen LogP contribution in [0.2, 0.25) is 0 Å². The maximum Gasteiger partial charge on any atom is 0.270 e. The lowest BCUT2D eigenvalue weighted by Gasteiger charge is -2.10. The molecule has 0 fully saturated rings. The third-order valence-electron chi connectivity index (χ3n) is 4.31. The molecule has 0 aliphatic heterocycles. The molecule has 2 aromatic carbocycles. The summed E-state index contributed by atoms with van der Waals surface area (Å²) in [5, 5.41) is 5.27. The van der Waals surface area contributed by atoms with E-state index in [0.29, 0.717) is 41.1 Å². The van der Waals surface area contributed by atoms with Crippen molar-refractivity contribution in [2.45, 2.75) is 12.8 Å². The van der Waals surface area contributed by atoms with E-state index in [2.05, 4.69) is 10.3 Å². The van der Waals surface area contributed by atoms with Crippen LogP contribution in [0.4, 0.5) is 4.39 Å². The van der Waals surface area contributed by atoms with Crippen molar-refractivity contribution in [3.8, 4) is 27.8 Å². The molecule has 0 saturated carbocycles. The smallest absolute Gasteiger partial charge is 0.270 e. The molecule has 0 radical (unpaired) electrons. The lowest BCUT2D eigenvalue weighted by molar-refractivity contribution is 0.0948. The first-order chi connectivity index (χ1) is 14.6. The van der Waals surface area contributed by atoms with Gasteiger partial charge in [-0.05, 0) is 49.2 Å². The van der Waals surface area contributed by atoms with E-state index in [9.17, 15) is 9.18 Å². The predicted octanol–water partition coefficient (Wildman–Crippen LogP) is 4.56. The van der Waals surface area contributed by atoms with Gasteiger partial charge in [-0.3, -0.25) is 4.79 Å². The van der Waals surface area contributed by atoms with Gasteiger partial charge in [0.25, 0.3) is 5.91 Å². The molecule has 0 saturated heterocycles. The summed E-state index contributed by atoms with van der Waals surface area (Å²) in [6.07, 6.45) is 1.52. The highest BCUT2D eigenvalue weighted by Crippen LogP contribution is 2.38. The minimum absolute atomic E-state index is 0.223. The number of rotatable bonds is 10. The normalized spacial score (nSPS) is 10.5. The Kier molecular flexibility index (Phi) is 7.62. The summed E-state index contributed by atoms with van der Waals surface area (Å²) in [4.78, 5) is 16.8. The van der Waals surface area contributed by atoms with Crippen molar-refractivity contribution in [3.05, 3.63) is 59.4 Å². The van der Waals surface area contributed by atoms with Gasteiger partial charge >= 0.3 is 0 Å². The number of amides is 1. The highest BCUT2D eigenvalue weighted by atomic mass is 32.1. The molecule has 1 N–H and O–H groups in total. The van der Waals surface area contributed by atoms with Crippen molar-refractivity contribution in [1.29, 1.82) is 0 Å². The Morgan fingerprint density at radius 3 is 2.63 bits per heavy atom. The molecule has 158 valence electrons. The quantitative estimate of drug-likeness (QED) is 0.478. The van der Waals surface area contributed by atoms with Gasteiger partial charge in [0.15, 0.2) is 11.5 Å². The van der Waals surface area contributed by atoms with Gasteiger partial charge in [-0.25, -0.2) is 9.37 Å².